The lowest BCUT2D eigenvalue weighted by Crippen LogP contribution is -2.54. The van der Waals surface area contributed by atoms with Crippen molar-refractivity contribution < 1.29 is 9.59 Å². The van der Waals surface area contributed by atoms with Crippen molar-refractivity contribution in [3.63, 3.8) is 0 Å². The van der Waals surface area contributed by atoms with Crippen LogP contribution in [0.1, 0.15) is 30.4 Å². The van der Waals surface area contributed by atoms with Gasteiger partial charge in [-0.25, -0.2) is 0 Å². The first-order valence-electron chi connectivity index (χ1n) is 10.6. The number of nitrogens with two attached hydrogens (primary N) is 1. The summed E-state index contributed by atoms with van der Waals surface area (Å²) in [6, 6.07) is 4.66. The van der Waals surface area contributed by atoms with Crippen LogP contribution in [-0.4, -0.2) is 77.1 Å². The lowest BCUT2D eigenvalue weighted by Gasteiger charge is -2.41. The maximum atomic E-state index is 12.7. The Morgan fingerprint density at radius 1 is 1.14 bits per heavy atom. The van der Waals surface area contributed by atoms with E-state index in [4.69, 9.17) is 5.73 Å². The largest absolute Gasteiger partial charge is 0.369 e. The SMILES string of the molecule is NC(=O)Cc1cc(CCC(=O)N2CCN(C3CCNCC3)CC2)cc2cn[nH]c12. The van der Waals surface area contributed by atoms with E-state index in [1.165, 1.54) is 12.8 Å². The number of aromatic nitrogens is 2. The molecule has 2 saturated heterocycles. The Morgan fingerprint density at radius 2 is 1.90 bits per heavy atom. The van der Waals surface area contributed by atoms with Gasteiger partial charge in [0.1, 0.15) is 0 Å². The van der Waals surface area contributed by atoms with Gasteiger partial charge < -0.3 is 16.0 Å². The Morgan fingerprint density at radius 3 is 2.62 bits per heavy atom. The number of fused-ring (bicyclic) bond motifs is 1. The number of aromatic amines is 1. The molecule has 2 aromatic rings. The topological polar surface area (TPSA) is 107 Å². The molecule has 0 saturated carbocycles. The van der Waals surface area contributed by atoms with Crippen molar-refractivity contribution >= 4 is 22.7 Å². The van der Waals surface area contributed by atoms with E-state index >= 15 is 0 Å². The van der Waals surface area contributed by atoms with Crippen LogP contribution in [0.15, 0.2) is 18.3 Å². The van der Waals surface area contributed by atoms with Crippen molar-refractivity contribution in [3.05, 3.63) is 29.5 Å². The van der Waals surface area contributed by atoms with Crippen LogP contribution < -0.4 is 11.1 Å². The van der Waals surface area contributed by atoms with Gasteiger partial charge in [-0.05, 0) is 49.5 Å². The number of H-pyrrole nitrogens is 1. The van der Waals surface area contributed by atoms with Crippen LogP contribution >= 0.6 is 0 Å². The second kappa shape index (κ2) is 8.92. The Bertz CT molecular complexity index is 865. The van der Waals surface area contributed by atoms with Gasteiger partial charge in [-0.1, -0.05) is 6.07 Å². The average molecular weight is 399 g/mol. The highest BCUT2D eigenvalue weighted by Crippen LogP contribution is 2.21. The molecule has 1 aromatic heterocycles. The van der Waals surface area contributed by atoms with E-state index < -0.39 is 0 Å². The minimum Gasteiger partial charge on any atom is -0.369 e. The molecule has 2 fully saturated rings. The highest BCUT2D eigenvalue weighted by Gasteiger charge is 2.26. The number of nitrogens with one attached hydrogen (secondary N) is 2. The maximum absolute atomic E-state index is 12.7. The third kappa shape index (κ3) is 4.76. The molecule has 2 aliphatic heterocycles. The summed E-state index contributed by atoms with van der Waals surface area (Å²) < 4.78 is 0. The Labute approximate surface area is 170 Å². The van der Waals surface area contributed by atoms with Crippen molar-refractivity contribution in [1.29, 1.82) is 0 Å². The summed E-state index contributed by atoms with van der Waals surface area (Å²) in [5, 5.41) is 11.4. The van der Waals surface area contributed by atoms with E-state index in [1.54, 1.807) is 6.20 Å². The van der Waals surface area contributed by atoms with E-state index in [0.29, 0.717) is 18.9 Å². The molecule has 0 spiro atoms. The molecular weight excluding hydrogens is 368 g/mol. The second-order valence-corrected chi connectivity index (χ2v) is 8.13. The predicted molar refractivity (Wildman–Crippen MR) is 111 cm³/mol. The summed E-state index contributed by atoms with van der Waals surface area (Å²) in [6.45, 7) is 5.78. The number of amides is 2. The number of hydrogen-bond donors (Lipinski definition) is 3. The minimum absolute atomic E-state index is 0.166. The normalized spacial score (nSPS) is 19.0. The van der Waals surface area contributed by atoms with E-state index in [0.717, 1.165) is 61.3 Å². The van der Waals surface area contributed by atoms with E-state index in [9.17, 15) is 9.59 Å². The second-order valence-electron chi connectivity index (χ2n) is 8.13. The molecule has 8 nitrogen and oxygen atoms in total. The first-order valence-corrected chi connectivity index (χ1v) is 10.6. The molecule has 2 amide bonds. The quantitative estimate of drug-likeness (QED) is 0.654. The zero-order valence-corrected chi connectivity index (χ0v) is 16.8. The van der Waals surface area contributed by atoms with Crippen molar-refractivity contribution in [2.24, 2.45) is 5.73 Å². The fourth-order valence-electron chi connectivity index (χ4n) is 4.59. The number of rotatable bonds is 6. The molecule has 2 aliphatic rings. The van der Waals surface area contributed by atoms with Crippen LogP contribution in [-0.2, 0) is 22.4 Å². The van der Waals surface area contributed by atoms with Gasteiger partial charge in [0.05, 0.1) is 18.1 Å². The van der Waals surface area contributed by atoms with Gasteiger partial charge in [-0.3, -0.25) is 19.6 Å². The summed E-state index contributed by atoms with van der Waals surface area (Å²) >= 11 is 0. The van der Waals surface area contributed by atoms with E-state index in [2.05, 4.69) is 20.4 Å². The van der Waals surface area contributed by atoms with Gasteiger partial charge in [0.25, 0.3) is 0 Å². The molecule has 8 heteroatoms. The van der Waals surface area contributed by atoms with Crippen molar-refractivity contribution in [3.8, 4) is 0 Å². The number of primary amides is 1. The molecule has 3 heterocycles. The molecule has 0 radical (unpaired) electrons. The molecule has 156 valence electrons. The van der Waals surface area contributed by atoms with Gasteiger partial charge in [0.2, 0.25) is 11.8 Å². The van der Waals surface area contributed by atoms with Crippen molar-refractivity contribution in [1.82, 2.24) is 25.3 Å². The molecule has 0 bridgehead atoms. The Hall–Kier alpha value is -2.45. The number of piperidine rings is 1. The summed E-state index contributed by atoms with van der Waals surface area (Å²) in [5.74, 6) is -0.167. The van der Waals surface area contributed by atoms with Crippen LogP contribution in [0.5, 0.6) is 0 Å². The summed E-state index contributed by atoms with van der Waals surface area (Å²) in [4.78, 5) is 28.7. The number of carbonyl (C=O) groups is 2. The van der Waals surface area contributed by atoms with Gasteiger partial charge >= 0.3 is 0 Å². The molecule has 4 rings (SSSR count). The minimum atomic E-state index is -0.374. The number of nitrogens with zero attached hydrogens (tertiary/aromatic N) is 3. The van der Waals surface area contributed by atoms with Crippen LogP contribution in [0.3, 0.4) is 0 Å². The summed E-state index contributed by atoms with van der Waals surface area (Å²) in [5.41, 5.74) is 8.10. The smallest absolute Gasteiger partial charge is 0.222 e. The molecular formula is C21H30N6O2. The number of benzene rings is 1. The molecule has 0 aliphatic carbocycles. The van der Waals surface area contributed by atoms with Crippen LogP contribution in [0.4, 0.5) is 0 Å². The number of hydrogen-bond acceptors (Lipinski definition) is 5. The van der Waals surface area contributed by atoms with Gasteiger partial charge in [0.15, 0.2) is 0 Å². The van der Waals surface area contributed by atoms with E-state index in [1.807, 2.05) is 17.0 Å². The highest BCUT2D eigenvalue weighted by atomic mass is 16.2. The summed E-state index contributed by atoms with van der Waals surface area (Å²) in [7, 11) is 0. The van der Waals surface area contributed by atoms with Crippen LogP contribution in [0.25, 0.3) is 10.9 Å². The number of aryl methyl sites for hydroxylation is 1. The van der Waals surface area contributed by atoms with Crippen LogP contribution in [0.2, 0.25) is 0 Å². The predicted octanol–water partition coefficient (Wildman–Crippen LogP) is 0.420. The lowest BCUT2D eigenvalue weighted by atomic mass is 10.0. The standard InChI is InChI=1S/C21H30N6O2/c22-19(28)13-16-11-15(12-17-14-24-25-21(16)17)1-2-20(29)27-9-7-26(8-10-27)18-3-5-23-6-4-18/h11-12,14,18,23H,1-10,13H2,(H2,22,28)(H,24,25). The Balaban J connectivity index is 1.32. The Kier molecular flexibility index (Phi) is 6.10. The number of piperazine rings is 1. The third-order valence-electron chi connectivity index (χ3n) is 6.17. The number of carbonyl (C=O) groups excluding carboxylic acids is 2. The van der Waals surface area contributed by atoms with Gasteiger partial charge in [-0.15, -0.1) is 0 Å². The fourth-order valence-corrected chi connectivity index (χ4v) is 4.59. The first-order chi connectivity index (χ1) is 14.1. The monoisotopic (exact) mass is 398 g/mol. The molecule has 29 heavy (non-hydrogen) atoms. The van der Waals surface area contributed by atoms with E-state index in [-0.39, 0.29) is 18.2 Å². The third-order valence-corrected chi connectivity index (χ3v) is 6.17. The maximum Gasteiger partial charge on any atom is 0.222 e. The first kappa shape index (κ1) is 19.8. The lowest BCUT2D eigenvalue weighted by molar-refractivity contribution is -0.133. The summed E-state index contributed by atoms with van der Waals surface area (Å²) in [6.07, 6.45) is 5.45. The fraction of sp³-hybridized carbons (Fsp3) is 0.571. The highest BCUT2D eigenvalue weighted by molar-refractivity contribution is 5.87. The average Bonchev–Trinajstić information content (AvgIpc) is 3.21. The molecule has 1 aromatic carbocycles. The van der Waals surface area contributed by atoms with Crippen molar-refractivity contribution in [2.75, 3.05) is 39.3 Å². The van der Waals surface area contributed by atoms with Gasteiger partial charge in [-0.2, -0.15) is 5.10 Å². The zero-order chi connectivity index (χ0) is 20.2. The molecule has 0 unspecified atom stereocenters. The molecule has 4 N–H and O–H groups in total. The zero-order valence-electron chi connectivity index (χ0n) is 16.8. The van der Waals surface area contributed by atoms with Gasteiger partial charge in [0, 0.05) is 44.0 Å². The molecule has 0 atom stereocenters. The van der Waals surface area contributed by atoms with Crippen LogP contribution in [0, 0.1) is 0 Å². The van der Waals surface area contributed by atoms with Crippen molar-refractivity contribution in [2.45, 2.75) is 38.1 Å².